The van der Waals surface area contributed by atoms with Crippen LogP contribution in [0.5, 0.6) is 0 Å². The molecule has 0 saturated carbocycles. The highest BCUT2D eigenvalue weighted by molar-refractivity contribution is 7.99. The van der Waals surface area contributed by atoms with Gasteiger partial charge in [0.25, 0.3) is 5.91 Å². The summed E-state index contributed by atoms with van der Waals surface area (Å²) in [6.45, 7) is 4.19. The van der Waals surface area contributed by atoms with Crippen molar-refractivity contribution in [2.45, 2.75) is 18.9 Å². The summed E-state index contributed by atoms with van der Waals surface area (Å²) in [5.41, 5.74) is 0.206. The molecule has 0 radical (unpaired) electrons. The molecule has 8 heteroatoms. The summed E-state index contributed by atoms with van der Waals surface area (Å²) in [5, 5.41) is 21.3. The van der Waals surface area contributed by atoms with E-state index in [0.29, 0.717) is 5.92 Å². The first-order chi connectivity index (χ1) is 11.9. The first-order valence-electron chi connectivity index (χ1n) is 7.44. The molecule has 0 spiro atoms. The lowest BCUT2D eigenvalue weighted by Gasteiger charge is -2.09. The molecule has 25 heavy (non-hydrogen) atoms. The third-order valence-corrected chi connectivity index (χ3v) is 4.39. The van der Waals surface area contributed by atoms with E-state index in [1.165, 1.54) is 30.6 Å². The molecule has 2 rings (SSSR count). The van der Waals surface area contributed by atoms with E-state index in [-0.39, 0.29) is 22.5 Å². The fourth-order valence-corrected chi connectivity index (χ4v) is 2.60. The van der Waals surface area contributed by atoms with Crippen molar-refractivity contribution >= 4 is 29.3 Å². The summed E-state index contributed by atoms with van der Waals surface area (Å²) in [5.74, 6) is -0.396. The molecule has 128 valence electrons. The monoisotopic (exact) mass is 356 g/mol. The number of aromatic nitrogens is 2. The molecule has 2 N–H and O–H groups in total. The number of aromatic carboxylic acids is 1. The second kappa shape index (κ2) is 8.26. The first-order valence-corrected chi connectivity index (χ1v) is 8.43. The highest BCUT2D eigenvalue weighted by Gasteiger charge is 2.15. The number of carbonyl (C=O) groups excluding carboxylic acids is 1. The number of nitrogens with zero attached hydrogens (tertiary/aromatic N) is 3. The van der Waals surface area contributed by atoms with Crippen LogP contribution in [0, 0.1) is 17.2 Å². The van der Waals surface area contributed by atoms with E-state index < -0.39 is 11.9 Å². The number of nitrogens with one attached hydrogen (secondary N) is 1. The summed E-state index contributed by atoms with van der Waals surface area (Å²) in [6.07, 6.45) is 2.86. The van der Waals surface area contributed by atoms with Crippen LogP contribution in [0.3, 0.4) is 0 Å². The van der Waals surface area contributed by atoms with Gasteiger partial charge in [0.1, 0.15) is 10.7 Å². The Morgan fingerprint density at radius 3 is 2.64 bits per heavy atom. The van der Waals surface area contributed by atoms with Crippen LogP contribution in [0.25, 0.3) is 0 Å². The minimum Gasteiger partial charge on any atom is -0.478 e. The number of hydrogen-bond donors (Lipinski definition) is 2. The maximum atomic E-state index is 12.2. The summed E-state index contributed by atoms with van der Waals surface area (Å²) in [7, 11) is 0. The predicted octanol–water partition coefficient (Wildman–Crippen LogP) is 3.05. The maximum absolute atomic E-state index is 12.2. The van der Waals surface area contributed by atoms with Crippen molar-refractivity contribution in [3.8, 4) is 6.07 Å². The number of anilines is 1. The second-order valence-corrected chi connectivity index (χ2v) is 6.62. The molecule has 1 aromatic carbocycles. The molecule has 0 aliphatic heterocycles. The Morgan fingerprint density at radius 1 is 1.32 bits per heavy atom. The van der Waals surface area contributed by atoms with Crippen LogP contribution < -0.4 is 5.32 Å². The Kier molecular flexibility index (Phi) is 6.08. The summed E-state index contributed by atoms with van der Waals surface area (Å²) in [4.78, 5) is 31.8. The topological polar surface area (TPSA) is 116 Å². The number of rotatable bonds is 6. The third kappa shape index (κ3) is 5.02. The van der Waals surface area contributed by atoms with Crippen LogP contribution in [0.2, 0.25) is 0 Å². The van der Waals surface area contributed by atoms with Crippen molar-refractivity contribution in [2.75, 3.05) is 11.1 Å². The fourth-order valence-electron chi connectivity index (χ4n) is 1.85. The molecule has 7 nitrogen and oxygen atoms in total. The van der Waals surface area contributed by atoms with Crippen LogP contribution in [0.15, 0.2) is 35.6 Å². The lowest BCUT2D eigenvalue weighted by Crippen LogP contribution is -2.16. The molecule has 1 amide bonds. The van der Waals surface area contributed by atoms with Gasteiger partial charge in [-0.3, -0.25) is 4.79 Å². The Labute approximate surface area is 149 Å². The molecule has 0 bridgehead atoms. The number of thioether (sulfide) groups is 1. The highest BCUT2D eigenvalue weighted by Crippen LogP contribution is 2.19. The van der Waals surface area contributed by atoms with Crippen LogP contribution >= 0.6 is 11.8 Å². The molecule has 2 aromatic rings. The first kappa shape index (κ1) is 18.4. The van der Waals surface area contributed by atoms with E-state index in [1.807, 2.05) is 6.07 Å². The van der Waals surface area contributed by atoms with Gasteiger partial charge < -0.3 is 10.4 Å². The minimum absolute atomic E-state index is 0.0783. The Bertz CT molecular complexity index is 829. The van der Waals surface area contributed by atoms with Crippen molar-refractivity contribution < 1.29 is 14.7 Å². The number of carbonyl (C=O) groups is 2. The average Bonchev–Trinajstić information content (AvgIpc) is 2.60. The lowest BCUT2D eigenvalue weighted by molar-refractivity contribution is 0.0698. The van der Waals surface area contributed by atoms with Gasteiger partial charge in [-0.05, 0) is 24.1 Å². The maximum Gasteiger partial charge on any atom is 0.337 e. The van der Waals surface area contributed by atoms with Gasteiger partial charge in [-0.25, -0.2) is 14.8 Å². The summed E-state index contributed by atoms with van der Waals surface area (Å²) in [6, 6.07) is 5.87. The van der Waals surface area contributed by atoms with E-state index in [4.69, 9.17) is 5.26 Å². The van der Waals surface area contributed by atoms with E-state index in [1.54, 1.807) is 11.8 Å². The molecular formula is C17H16N4O3S. The highest BCUT2D eigenvalue weighted by atomic mass is 32.2. The van der Waals surface area contributed by atoms with Gasteiger partial charge in [0.2, 0.25) is 0 Å². The van der Waals surface area contributed by atoms with Gasteiger partial charge in [-0.1, -0.05) is 13.8 Å². The summed E-state index contributed by atoms with van der Waals surface area (Å²) < 4.78 is 0. The number of carboxylic acids is 1. The van der Waals surface area contributed by atoms with Crippen LogP contribution in [0.1, 0.15) is 40.3 Å². The second-order valence-electron chi connectivity index (χ2n) is 5.58. The third-order valence-electron chi connectivity index (χ3n) is 3.05. The minimum atomic E-state index is -1.24. The van der Waals surface area contributed by atoms with Gasteiger partial charge >= 0.3 is 5.97 Å². The summed E-state index contributed by atoms with van der Waals surface area (Å²) >= 11 is 1.55. The zero-order valence-corrected chi connectivity index (χ0v) is 14.5. The molecular weight excluding hydrogens is 340 g/mol. The zero-order valence-electron chi connectivity index (χ0n) is 13.7. The Morgan fingerprint density at radius 2 is 2.08 bits per heavy atom. The van der Waals surface area contributed by atoms with E-state index >= 15 is 0 Å². The number of nitriles is 1. The van der Waals surface area contributed by atoms with Crippen molar-refractivity contribution in [2.24, 2.45) is 5.92 Å². The van der Waals surface area contributed by atoms with Crippen molar-refractivity contribution in [1.29, 1.82) is 5.26 Å². The van der Waals surface area contributed by atoms with Gasteiger partial charge in [0.05, 0.1) is 35.3 Å². The molecule has 0 aliphatic rings. The molecule has 1 aromatic heterocycles. The van der Waals surface area contributed by atoms with Gasteiger partial charge in [-0.15, -0.1) is 11.8 Å². The predicted molar refractivity (Wildman–Crippen MR) is 93.7 cm³/mol. The van der Waals surface area contributed by atoms with Crippen LogP contribution in [-0.2, 0) is 0 Å². The van der Waals surface area contributed by atoms with Crippen molar-refractivity contribution in [3.63, 3.8) is 0 Å². The van der Waals surface area contributed by atoms with Crippen molar-refractivity contribution in [1.82, 2.24) is 9.97 Å². The largest absolute Gasteiger partial charge is 0.478 e. The molecule has 1 heterocycles. The van der Waals surface area contributed by atoms with E-state index in [2.05, 4.69) is 29.1 Å². The lowest BCUT2D eigenvalue weighted by atomic mass is 10.1. The number of carboxylic acid groups (broad SMARTS) is 1. The number of hydrogen-bond acceptors (Lipinski definition) is 6. The fraction of sp³-hybridized carbons (Fsp3) is 0.235. The molecule has 0 atom stereocenters. The van der Waals surface area contributed by atoms with Crippen LogP contribution in [-0.4, -0.2) is 32.7 Å². The van der Waals surface area contributed by atoms with Gasteiger partial charge in [0, 0.05) is 5.75 Å². The van der Waals surface area contributed by atoms with Crippen LogP contribution in [0.4, 0.5) is 5.69 Å². The van der Waals surface area contributed by atoms with Gasteiger partial charge in [0.15, 0.2) is 0 Å². The number of benzene rings is 1. The van der Waals surface area contributed by atoms with Gasteiger partial charge in [-0.2, -0.15) is 5.26 Å². The van der Waals surface area contributed by atoms with E-state index in [0.717, 1.165) is 10.8 Å². The zero-order chi connectivity index (χ0) is 18.4. The molecule has 0 unspecified atom stereocenters. The Hall–Kier alpha value is -2.92. The normalized spacial score (nSPS) is 10.3. The van der Waals surface area contributed by atoms with Crippen molar-refractivity contribution in [3.05, 3.63) is 47.4 Å². The quantitative estimate of drug-likeness (QED) is 0.764. The Balaban J connectivity index is 2.14. The average molecular weight is 356 g/mol. The van der Waals surface area contributed by atoms with E-state index in [9.17, 15) is 14.7 Å². The molecule has 0 saturated heterocycles. The molecule has 0 fully saturated rings. The smallest absolute Gasteiger partial charge is 0.337 e. The standard InChI is InChI=1S/C17H16N4O3S/c1-10(2)9-25-15-8-19-14(7-20-15)16(22)21-13-4-3-11(6-18)5-12(13)17(23)24/h3-5,7-8,10H,9H2,1-2H3,(H,21,22)(H,23,24). The number of amides is 1. The SMILES string of the molecule is CC(C)CSc1cnc(C(=O)Nc2ccc(C#N)cc2C(=O)O)cn1. The molecule has 0 aliphatic carbocycles.